The molecule has 4 N–H and O–H groups in total. The third kappa shape index (κ3) is 165. The molecule has 0 spiro atoms. The molecule has 0 aromatic carbocycles. The largest absolute Gasteiger partial charge is 0.481 e. The highest BCUT2D eigenvalue weighted by Gasteiger charge is 1.95. The SMILES string of the molecule is C1CCCC1.CC(=O)O.CC(=O)O.CO.CO. The van der Waals surface area contributed by atoms with Crippen LogP contribution in [0.3, 0.4) is 0 Å². The summed E-state index contributed by atoms with van der Waals surface area (Å²) in [4.78, 5) is 18.0. The van der Waals surface area contributed by atoms with Crippen molar-refractivity contribution in [1.82, 2.24) is 0 Å². The number of aliphatic hydroxyl groups excluding tert-OH is 2. The fraction of sp³-hybridized carbons (Fsp3) is 0.818. The lowest BCUT2D eigenvalue weighted by Crippen LogP contribution is -1.78. The molecule has 0 amide bonds. The van der Waals surface area contributed by atoms with E-state index in [0.717, 1.165) is 28.1 Å². The van der Waals surface area contributed by atoms with Crippen LogP contribution in [-0.4, -0.2) is 46.6 Å². The van der Waals surface area contributed by atoms with Gasteiger partial charge in [0.1, 0.15) is 0 Å². The standard InChI is InChI=1S/C5H10.2C2H4O2.2CH4O/c1-2-4-5-3-1;2*1-2(3)4;2*1-2/h1-5H2;2*1H3,(H,3,4);2*2H,1H3. The Hall–Kier alpha value is -1.14. The van der Waals surface area contributed by atoms with Gasteiger partial charge in [-0.15, -0.1) is 0 Å². The van der Waals surface area contributed by atoms with E-state index < -0.39 is 11.9 Å². The van der Waals surface area contributed by atoms with Gasteiger partial charge in [0.25, 0.3) is 11.9 Å². The molecular weight excluding hydrogens is 228 g/mol. The molecule has 1 aliphatic rings. The van der Waals surface area contributed by atoms with Crippen LogP contribution in [0.15, 0.2) is 0 Å². The molecule has 0 unspecified atom stereocenters. The summed E-state index contributed by atoms with van der Waals surface area (Å²) in [5.74, 6) is -1.67. The van der Waals surface area contributed by atoms with Crippen molar-refractivity contribution in [1.29, 1.82) is 0 Å². The fourth-order valence-electron chi connectivity index (χ4n) is 0.884. The van der Waals surface area contributed by atoms with Crippen LogP contribution in [0.4, 0.5) is 0 Å². The molecule has 0 heterocycles. The minimum atomic E-state index is -0.833. The maximum Gasteiger partial charge on any atom is 0.300 e. The highest BCUT2D eigenvalue weighted by Crippen LogP contribution is 2.15. The maximum atomic E-state index is 9.00. The Bertz CT molecular complexity index is 115. The maximum absolute atomic E-state index is 9.00. The predicted octanol–water partition coefficient (Wildman–Crippen LogP) is 1.35. The van der Waals surface area contributed by atoms with Gasteiger partial charge in [-0.05, 0) is 0 Å². The molecule has 17 heavy (non-hydrogen) atoms. The number of carbonyl (C=O) groups is 2. The third-order valence-electron chi connectivity index (χ3n) is 1.25. The Morgan fingerprint density at radius 1 is 0.647 bits per heavy atom. The van der Waals surface area contributed by atoms with E-state index in [-0.39, 0.29) is 0 Å². The van der Waals surface area contributed by atoms with Crippen molar-refractivity contribution in [2.75, 3.05) is 14.2 Å². The molecule has 0 aromatic heterocycles. The van der Waals surface area contributed by atoms with Gasteiger partial charge >= 0.3 is 0 Å². The Kier molecular flexibility index (Phi) is 43.0. The molecule has 0 radical (unpaired) electrons. The van der Waals surface area contributed by atoms with Gasteiger partial charge in [0, 0.05) is 28.1 Å². The van der Waals surface area contributed by atoms with Gasteiger partial charge in [-0.2, -0.15) is 0 Å². The molecular formula is C11H26O6. The topological polar surface area (TPSA) is 115 Å². The molecule has 1 aliphatic carbocycles. The Morgan fingerprint density at radius 3 is 0.765 bits per heavy atom. The monoisotopic (exact) mass is 254 g/mol. The zero-order valence-corrected chi connectivity index (χ0v) is 11.1. The minimum absolute atomic E-state index is 0.833. The highest BCUT2D eigenvalue weighted by atomic mass is 16.4. The second kappa shape index (κ2) is 29.4. The zero-order chi connectivity index (χ0) is 14.7. The fourth-order valence-corrected chi connectivity index (χ4v) is 0.884. The van der Waals surface area contributed by atoms with Crippen molar-refractivity contribution < 1.29 is 30.0 Å². The summed E-state index contributed by atoms with van der Waals surface area (Å²) in [5, 5.41) is 28.8. The lowest BCUT2D eigenvalue weighted by atomic mass is 10.4. The van der Waals surface area contributed by atoms with Crippen molar-refractivity contribution in [3.05, 3.63) is 0 Å². The Balaban J connectivity index is -0.0000000657. The summed E-state index contributed by atoms with van der Waals surface area (Å²) in [6.07, 6.45) is 7.50. The predicted molar refractivity (Wildman–Crippen MR) is 66.0 cm³/mol. The average Bonchev–Trinajstić information content (AvgIpc) is 2.79. The van der Waals surface area contributed by atoms with Crippen LogP contribution >= 0.6 is 0 Å². The number of hydrogen-bond donors (Lipinski definition) is 4. The summed E-state index contributed by atoms with van der Waals surface area (Å²) in [6.45, 7) is 2.17. The molecule has 106 valence electrons. The van der Waals surface area contributed by atoms with Crippen LogP contribution < -0.4 is 0 Å². The second-order valence-corrected chi connectivity index (χ2v) is 2.81. The summed E-state index contributed by atoms with van der Waals surface area (Å²) in [5.41, 5.74) is 0. The van der Waals surface area contributed by atoms with E-state index >= 15 is 0 Å². The van der Waals surface area contributed by atoms with Crippen LogP contribution in [0.2, 0.25) is 0 Å². The zero-order valence-electron chi connectivity index (χ0n) is 11.1. The first-order valence-electron chi connectivity index (χ1n) is 5.25. The number of hydrogen-bond acceptors (Lipinski definition) is 4. The molecule has 0 aromatic rings. The van der Waals surface area contributed by atoms with Gasteiger partial charge in [-0.1, -0.05) is 32.1 Å². The molecule has 6 heteroatoms. The normalized spacial score (nSPS) is 10.7. The van der Waals surface area contributed by atoms with E-state index in [9.17, 15) is 0 Å². The van der Waals surface area contributed by atoms with Gasteiger partial charge in [0.2, 0.25) is 0 Å². The average molecular weight is 254 g/mol. The van der Waals surface area contributed by atoms with E-state index in [1.54, 1.807) is 0 Å². The summed E-state index contributed by atoms with van der Waals surface area (Å²) >= 11 is 0. The van der Waals surface area contributed by atoms with Crippen LogP contribution in [0.5, 0.6) is 0 Å². The van der Waals surface area contributed by atoms with Gasteiger partial charge in [-0.3, -0.25) is 9.59 Å². The molecule has 1 rings (SSSR count). The smallest absolute Gasteiger partial charge is 0.300 e. The molecule has 0 bridgehead atoms. The molecule has 6 nitrogen and oxygen atoms in total. The lowest BCUT2D eigenvalue weighted by Gasteiger charge is -1.67. The summed E-state index contributed by atoms with van der Waals surface area (Å²) in [6, 6.07) is 0. The van der Waals surface area contributed by atoms with Crippen molar-refractivity contribution in [3.63, 3.8) is 0 Å². The van der Waals surface area contributed by atoms with Crippen molar-refractivity contribution >= 4 is 11.9 Å². The first-order chi connectivity index (χ1) is 7.96. The van der Waals surface area contributed by atoms with Gasteiger partial charge in [0.05, 0.1) is 0 Å². The van der Waals surface area contributed by atoms with E-state index in [4.69, 9.17) is 30.0 Å². The summed E-state index contributed by atoms with van der Waals surface area (Å²) < 4.78 is 0. The van der Waals surface area contributed by atoms with Crippen LogP contribution in [-0.2, 0) is 9.59 Å². The van der Waals surface area contributed by atoms with Crippen LogP contribution in [0.25, 0.3) is 0 Å². The Morgan fingerprint density at radius 2 is 0.706 bits per heavy atom. The molecule has 0 atom stereocenters. The van der Waals surface area contributed by atoms with E-state index in [2.05, 4.69) is 0 Å². The summed E-state index contributed by atoms with van der Waals surface area (Å²) in [7, 11) is 2.00. The van der Waals surface area contributed by atoms with Gasteiger partial charge in [-0.25, -0.2) is 0 Å². The van der Waals surface area contributed by atoms with Gasteiger partial charge in [0.15, 0.2) is 0 Å². The van der Waals surface area contributed by atoms with E-state index in [1.807, 2.05) is 0 Å². The van der Waals surface area contributed by atoms with E-state index in [1.165, 1.54) is 32.1 Å². The highest BCUT2D eigenvalue weighted by molar-refractivity contribution is 5.63. The molecule has 1 saturated carbocycles. The molecule has 0 saturated heterocycles. The van der Waals surface area contributed by atoms with Crippen LogP contribution in [0, 0.1) is 0 Å². The quantitative estimate of drug-likeness (QED) is 0.518. The van der Waals surface area contributed by atoms with Crippen molar-refractivity contribution in [3.8, 4) is 0 Å². The molecule has 0 aliphatic heterocycles. The van der Waals surface area contributed by atoms with Crippen molar-refractivity contribution in [2.45, 2.75) is 46.0 Å². The Labute approximate surface area is 103 Å². The van der Waals surface area contributed by atoms with Crippen molar-refractivity contribution in [2.24, 2.45) is 0 Å². The second-order valence-electron chi connectivity index (χ2n) is 2.81. The number of aliphatic carboxylic acids is 2. The lowest BCUT2D eigenvalue weighted by molar-refractivity contribution is -0.135. The van der Waals surface area contributed by atoms with E-state index in [0.29, 0.717) is 0 Å². The third-order valence-corrected chi connectivity index (χ3v) is 1.25. The van der Waals surface area contributed by atoms with Gasteiger partial charge < -0.3 is 20.4 Å². The number of aliphatic hydroxyl groups is 2. The number of carboxylic acid groups (broad SMARTS) is 2. The first-order valence-corrected chi connectivity index (χ1v) is 5.25. The molecule has 1 fully saturated rings. The number of rotatable bonds is 0. The number of carboxylic acids is 2. The first kappa shape index (κ1) is 24.9. The minimum Gasteiger partial charge on any atom is -0.481 e. The van der Waals surface area contributed by atoms with Crippen LogP contribution in [0.1, 0.15) is 46.0 Å².